The molecule has 2 aromatic rings. The summed E-state index contributed by atoms with van der Waals surface area (Å²) >= 11 is 12.5. The van der Waals surface area contributed by atoms with Gasteiger partial charge in [0, 0.05) is 33.5 Å². The molecule has 1 aromatic heterocycles. The molecule has 7 atom stereocenters. The molecule has 3 fully saturated rings. The predicted molar refractivity (Wildman–Crippen MR) is 131 cm³/mol. The first-order valence-corrected chi connectivity index (χ1v) is 14.0. The smallest absolute Gasteiger partial charge is 0.303 e. The topological polar surface area (TPSA) is 90.5 Å². The van der Waals surface area contributed by atoms with Crippen molar-refractivity contribution in [3.8, 4) is 0 Å². The molecule has 0 radical (unpaired) electrons. The first-order valence-electron chi connectivity index (χ1n) is 11.1. The fourth-order valence-electron chi connectivity index (χ4n) is 6.73. The molecule has 10 heteroatoms. The summed E-state index contributed by atoms with van der Waals surface area (Å²) in [6.07, 6.45) is 1.17. The van der Waals surface area contributed by atoms with Crippen LogP contribution in [0.4, 0.5) is 0 Å². The standard InChI is InChI=1S/C23H21BrN2O4S3/c24-10-5-3-9(4-6-10)14-15-11-8-12(18(15)32-20-19(14)33-23(31)25-20)17-16(11)21(29)26(22(17)30)7-1-2-13(27)28/h3-6,11-12,14-18H,1-2,7-8H2,(H,25,31)(H,27,28). The number of fused-ring (bicyclic) bond motifs is 9. The van der Waals surface area contributed by atoms with Crippen LogP contribution in [0.5, 0.6) is 0 Å². The van der Waals surface area contributed by atoms with Crippen molar-refractivity contribution in [2.24, 2.45) is 29.6 Å². The zero-order valence-corrected chi connectivity index (χ0v) is 21.4. The number of thioether (sulfide) groups is 1. The number of carbonyl (C=O) groups excluding carboxylic acids is 2. The van der Waals surface area contributed by atoms with Crippen LogP contribution in [0.1, 0.15) is 35.6 Å². The largest absolute Gasteiger partial charge is 0.481 e. The fraction of sp³-hybridized carbons (Fsp3) is 0.478. The maximum Gasteiger partial charge on any atom is 0.303 e. The predicted octanol–water partition coefficient (Wildman–Crippen LogP) is 4.91. The van der Waals surface area contributed by atoms with E-state index < -0.39 is 5.97 Å². The van der Waals surface area contributed by atoms with E-state index in [0.29, 0.717) is 6.42 Å². The van der Waals surface area contributed by atoms with Gasteiger partial charge in [0.2, 0.25) is 11.8 Å². The third kappa shape index (κ3) is 3.31. The number of benzene rings is 1. The third-order valence-corrected chi connectivity index (χ3v) is 11.3. The van der Waals surface area contributed by atoms with E-state index in [4.69, 9.17) is 17.3 Å². The number of hydrogen-bond acceptors (Lipinski definition) is 6. The van der Waals surface area contributed by atoms with Gasteiger partial charge in [-0.1, -0.05) is 28.1 Å². The summed E-state index contributed by atoms with van der Waals surface area (Å²) < 4.78 is 1.79. The number of H-pyrrole nitrogens is 1. The van der Waals surface area contributed by atoms with E-state index in [2.05, 4.69) is 45.2 Å². The van der Waals surface area contributed by atoms with Crippen molar-refractivity contribution >= 4 is 69.0 Å². The third-order valence-electron chi connectivity index (χ3n) is 7.82. The average Bonchev–Trinajstić information content (AvgIpc) is 3.49. The molecular weight excluding hydrogens is 544 g/mol. The van der Waals surface area contributed by atoms with Crippen molar-refractivity contribution in [2.45, 2.75) is 35.5 Å². The van der Waals surface area contributed by atoms with E-state index in [-0.39, 0.29) is 65.5 Å². The minimum atomic E-state index is -0.905. The molecular formula is C23H21BrN2O4S3. The molecule has 172 valence electrons. The summed E-state index contributed by atoms with van der Waals surface area (Å²) in [5.41, 5.74) is 1.22. The molecule has 6 rings (SSSR count). The number of amides is 2. The van der Waals surface area contributed by atoms with Crippen LogP contribution in [0.3, 0.4) is 0 Å². The van der Waals surface area contributed by atoms with Gasteiger partial charge in [0.15, 0.2) is 3.95 Å². The molecule has 1 aromatic carbocycles. The van der Waals surface area contributed by atoms with Gasteiger partial charge in [-0.25, -0.2) is 0 Å². The molecule has 2 amide bonds. The number of imide groups is 1. The van der Waals surface area contributed by atoms with Crippen molar-refractivity contribution in [1.82, 2.24) is 9.88 Å². The minimum absolute atomic E-state index is 0.0363. The molecule has 3 heterocycles. The van der Waals surface area contributed by atoms with E-state index >= 15 is 0 Å². The highest BCUT2D eigenvalue weighted by molar-refractivity contribution is 9.10. The Morgan fingerprint density at radius 2 is 1.88 bits per heavy atom. The lowest BCUT2D eigenvalue weighted by molar-refractivity contribution is -0.142. The Labute approximate surface area is 212 Å². The molecule has 2 saturated carbocycles. The van der Waals surface area contributed by atoms with E-state index in [1.54, 1.807) is 11.3 Å². The van der Waals surface area contributed by atoms with Gasteiger partial charge in [-0.2, -0.15) is 0 Å². The zero-order chi connectivity index (χ0) is 23.0. The average molecular weight is 566 g/mol. The Balaban J connectivity index is 1.37. The van der Waals surface area contributed by atoms with E-state index in [9.17, 15) is 14.4 Å². The van der Waals surface area contributed by atoms with Crippen molar-refractivity contribution in [2.75, 3.05) is 6.54 Å². The highest BCUT2D eigenvalue weighted by Gasteiger charge is 2.69. The van der Waals surface area contributed by atoms with Crippen LogP contribution >= 0.6 is 51.2 Å². The van der Waals surface area contributed by atoms with Gasteiger partial charge in [0.05, 0.1) is 16.9 Å². The lowest BCUT2D eigenvalue weighted by Gasteiger charge is -2.43. The van der Waals surface area contributed by atoms with Crippen LogP contribution in [0, 0.1) is 33.5 Å². The van der Waals surface area contributed by atoms with Crippen molar-refractivity contribution < 1.29 is 19.5 Å². The van der Waals surface area contributed by atoms with Crippen molar-refractivity contribution in [3.63, 3.8) is 0 Å². The number of hydrogen-bond donors (Lipinski definition) is 2. The normalized spacial score (nSPS) is 33.8. The number of aromatic nitrogens is 1. The van der Waals surface area contributed by atoms with Crippen LogP contribution in [0.25, 0.3) is 0 Å². The summed E-state index contributed by atoms with van der Waals surface area (Å²) in [6, 6.07) is 8.42. The van der Waals surface area contributed by atoms with Gasteiger partial charge in [-0.15, -0.1) is 23.1 Å². The molecule has 7 unspecified atom stereocenters. The monoisotopic (exact) mass is 564 g/mol. The van der Waals surface area contributed by atoms with Crippen LogP contribution in [-0.2, 0) is 14.4 Å². The summed E-state index contributed by atoms with van der Waals surface area (Å²) in [5.74, 6) is -0.906. The summed E-state index contributed by atoms with van der Waals surface area (Å²) in [6.45, 7) is 0.204. The van der Waals surface area contributed by atoms with Gasteiger partial charge in [0.25, 0.3) is 0 Å². The van der Waals surface area contributed by atoms with Gasteiger partial charge in [0.1, 0.15) is 0 Å². The lowest BCUT2D eigenvalue weighted by Crippen LogP contribution is -2.42. The number of likely N-dealkylation sites (tertiary alicyclic amines) is 1. The number of carbonyl (C=O) groups is 3. The van der Waals surface area contributed by atoms with Crippen LogP contribution in [0.15, 0.2) is 33.8 Å². The highest BCUT2D eigenvalue weighted by Crippen LogP contribution is 2.68. The first kappa shape index (κ1) is 22.0. The molecule has 33 heavy (non-hydrogen) atoms. The molecule has 1 saturated heterocycles. The van der Waals surface area contributed by atoms with E-state index in [1.165, 1.54) is 15.3 Å². The minimum Gasteiger partial charge on any atom is -0.481 e. The van der Waals surface area contributed by atoms with Crippen molar-refractivity contribution in [3.05, 3.63) is 43.1 Å². The fourth-order valence-corrected chi connectivity index (χ4v) is 10.3. The summed E-state index contributed by atoms with van der Waals surface area (Å²) in [7, 11) is 0. The summed E-state index contributed by atoms with van der Waals surface area (Å²) in [5, 5.41) is 10.3. The molecule has 4 aliphatic rings. The Morgan fingerprint density at radius 1 is 1.18 bits per heavy atom. The van der Waals surface area contributed by atoms with Gasteiger partial charge >= 0.3 is 5.97 Å². The van der Waals surface area contributed by atoms with Crippen LogP contribution in [0.2, 0.25) is 0 Å². The van der Waals surface area contributed by atoms with Gasteiger partial charge in [-0.3, -0.25) is 19.3 Å². The molecule has 2 bridgehead atoms. The quantitative estimate of drug-likeness (QED) is 0.396. The van der Waals surface area contributed by atoms with E-state index in [1.807, 2.05) is 11.8 Å². The number of carboxylic acid groups (broad SMARTS) is 1. The Bertz CT molecular complexity index is 1230. The second kappa shape index (κ2) is 8.03. The Kier molecular flexibility index (Phi) is 5.36. The maximum absolute atomic E-state index is 13.4. The number of aliphatic carboxylic acids is 1. The SMILES string of the molecule is O=C(O)CCCN1C(=O)C2C3CC(C2C1=O)C1C(c2ccc(Br)cc2)c2sc(=S)[nH]c2SC31. The number of thiazole rings is 1. The second-order valence-corrected chi connectivity index (χ2v) is 13.2. The number of carboxylic acids is 1. The number of nitrogens with zero attached hydrogens (tertiary/aromatic N) is 1. The molecule has 2 N–H and O–H groups in total. The first-order chi connectivity index (χ1) is 15.8. The Hall–Kier alpha value is -1.49. The molecule has 6 nitrogen and oxygen atoms in total. The number of aromatic amines is 1. The number of nitrogens with one attached hydrogen (secondary N) is 1. The van der Waals surface area contributed by atoms with Gasteiger partial charge in [-0.05, 0) is 60.5 Å². The lowest BCUT2D eigenvalue weighted by atomic mass is 9.68. The van der Waals surface area contributed by atoms with Crippen LogP contribution in [-0.4, -0.2) is 44.6 Å². The van der Waals surface area contributed by atoms with Gasteiger partial charge < -0.3 is 10.1 Å². The number of rotatable bonds is 5. The summed E-state index contributed by atoms with van der Waals surface area (Å²) in [4.78, 5) is 43.6. The van der Waals surface area contributed by atoms with Crippen LogP contribution < -0.4 is 0 Å². The molecule has 0 spiro atoms. The highest BCUT2D eigenvalue weighted by atomic mass is 79.9. The van der Waals surface area contributed by atoms with Crippen molar-refractivity contribution in [1.29, 1.82) is 0 Å². The molecule has 2 aliphatic carbocycles. The maximum atomic E-state index is 13.4. The number of halogens is 1. The Morgan fingerprint density at radius 3 is 2.58 bits per heavy atom. The van der Waals surface area contributed by atoms with E-state index in [0.717, 1.165) is 19.9 Å². The molecule has 2 aliphatic heterocycles. The second-order valence-electron chi connectivity index (χ2n) is 9.34. The zero-order valence-electron chi connectivity index (χ0n) is 17.4.